The molecule has 0 saturated carbocycles. The summed E-state index contributed by atoms with van der Waals surface area (Å²) in [6.45, 7) is 1.54. The molecule has 3 nitrogen and oxygen atoms in total. The smallest absolute Gasteiger partial charge is 0.136 e. The van der Waals surface area contributed by atoms with E-state index in [1.54, 1.807) is 0 Å². The van der Waals surface area contributed by atoms with E-state index in [-0.39, 0.29) is 6.61 Å². The first-order valence-electron chi connectivity index (χ1n) is 2.74. The van der Waals surface area contributed by atoms with Crippen LogP contribution in [0.3, 0.4) is 0 Å². The van der Waals surface area contributed by atoms with E-state index < -0.39 is 5.72 Å². The Bertz CT molecular complexity index is 63.4. The summed E-state index contributed by atoms with van der Waals surface area (Å²) in [6, 6.07) is 0. The molecule has 0 amide bonds. The molecule has 4 N–H and O–H groups in total. The van der Waals surface area contributed by atoms with Crippen molar-refractivity contribution in [2.75, 3.05) is 6.61 Å². The standard InChI is InChI=1S/C5H13NO2/c1-2-3-5(6,8)4-7/h7-8H,2-4,6H2,1H3. The van der Waals surface area contributed by atoms with Crippen LogP contribution in [0.4, 0.5) is 0 Å². The van der Waals surface area contributed by atoms with Crippen molar-refractivity contribution in [3.8, 4) is 0 Å². The minimum Gasteiger partial charge on any atom is -0.392 e. The SMILES string of the molecule is CCCC(N)(O)CO. The average molecular weight is 119 g/mol. The summed E-state index contributed by atoms with van der Waals surface area (Å²) in [4.78, 5) is 0. The molecule has 0 bridgehead atoms. The van der Waals surface area contributed by atoms with Gasteiger partial charge in [-0.3, -0.25) is 0 Å². The maximum Gasteiger partial charge on any atom is 0.136 e. The van der Waals surface area contributed by atoms with Crippen molar-refractivity contribution in [1.82, 2.24) is 0 Å². The molecule has 0 rings (SSSR count). The molecule has 0 saturated heterocycles. The normalized spacial score (nSPS) is 18.0. The molecule has 3 heteroatoms. The molecule has 0 aromatic carbocycles. The summed E-state index contributed by atoms with van der Waals surface area (Å²) >= 11 is 0. The number of hydrogen-bond acceptors (Lipinski definition) is 3. The van der Waals surface area contributed by atoms with Gasteiger partial charge >= 0.3 is 0 Å². The Morgan fingerprint density at radius 1 is 1.62 bits per heavy atom. The van der Waals surface area contributed by atoms with Gasteiger partial charge in [-0.25, -0.2) is 0 Å². The van der Waals surface area contributed by atoms with Gasteiger partial charge in [-0.2, -0.15) is 0 Å². The summed E-state index contributed by atoms with van der Waals surface area (Å²) < 4.78 is 0. The van der Waals surface area contributed by atoms with Gasteiger partial charge in [-0.15, -0.1) is 0 Å². The molecular formula is C5H13NO2. The third-order valence-corrected chi connectivity index (χ3v) is 0.957. The Morgan fingerprint density at radius 2 is 2.12 bits per heavy atom. The molecule has 0 fully saturated rings. The lowest BCUT2D eigenvalue weighted by Crippen LogP contribution is -2.43. The largest absolute Gasteiger partial charge is 0.392 e. The number of hydrogen-bond donors (Lipinski definition) is 3. The quantitative estimate of drug-likeness (QED) is 0.436. The van der Waals surface area contributed by atoms with Crippen LogP contribution in [0, 0.1) is 0 Å². The first-order chi connectivity index (χ1) is 3.62. The molecular weight excluding hydrogens is 106 g/mol. The molecule has 0 aliphatic heterocycles. The summed E-state index contributed by atoms with van der Waals surface area (Å²) in [7, 11) is 0. The van der Waals surface area contributed by atoms with Gasteiger partial charge in [-0.05, 0) is 6.42 Å². The first kappa shape index (κ1) is 7.88. The Hall–Kier alpha value is -0.120. The van der Waals surface area contributed by atoms with Crippen LogP contribution in [0.5, 0.6) is 0 Å². The molecule has 1 atom stereocenters. The van der Waals surface area contributed by atoms with E-state index in [0.29, 0.717) is 6.42 Å². The van der Waals surface area contributed by atoms with E-state index in [0.717, 1.165) is 6.42 Å². The monoisotopic (exact) mass is 119 g/mol. The van der Waals surface area contributed by atoms with Crippen LogP contribution in [-0.4, -0.2) is 22.5 Å². The second-order valence-electron chi connectivity index (χ2n) is 2.01. The van der Waals surface area contributed by atoms with Crippen LogP contribution in [0.1, 0.15) is 19.8 Å². The summed E-state index contributed by atoms with van der Waals surface area (Å²) in [6.07, 6.45) is 1.23. The zero-order valence-corrected chi connectivity index (χ0v) is 5.09. The van der Waals surface area contributed by atoms with Gasteiger partial charge in [0.25, 0.3) is 0 Å². The van der Waals surface area contributed by atoms with E-state index in [1.165, 1.54) is 0 Å². The summed E-state index contributed by atoms with van der Waals surface area (Å²) in [5, 5.41) is 17.2. The third kappa shape index (κ3) is 2.96. The molecule has 50 valence electrons. The van der Waals surface area contributed by atoms with E-state index in [4.69, 9.17) is 15.9 Å². The predicted octanol–water partition coefficient (Wildman–Crippen LogP) is -0.574. The highest BCUT2D eigenvalue weighted by Gasteiger charge is 2.16. The average Bonchev–Trinajstić information content (AvgIpc) is 1.67. The minimum atomic E-state index is -1.35. The molecule has 0 aliphatic rings. The maximum absolute atomic E-state index is 8.85. The lowest BCUT2D eigenvalue weighted by atomic mass is 10.1. The van der Waals surface area contributed by atoms with Gasteiger partial charge in [0, 0.05) is 0 Å². The highest BCUT2D eigenvalue weighted by atomic mass is 16.3. The van der Waals surface area contributed by atoms with Crippen LogP contribution in [0.2, 0.25) is 0 Å². The first-order valence-corrected chi connectivity index (χ1v) is 2.74. The predicted molar refractivity (Wildman–Crippen MR) is 31.1 cm³/mol. The molecule has 8 heavy (non-hydrogen) atoms. The van der Waals surface area contributed by atoms with Gasteiger partial charge < -0.3 is 15.9 Å². The highest BCUT2D eigenvalue weighted by molar-refractivity contribution is 4.66. The Labute approximate surface area is 49.1 Å². The highest BCUT2D eigenvalue weighted by Crippen LogP contribution is 2.02. The van der Waals surface area contributed by atoms with Crippen molar-refractivity contribution < 1.29 is 10.2 Å². The fourth-order valence-corrected chi connectivity index (χ4v) is 0.512. The molecule has 0 heterocycles. The lowest BCUT2D eigenvalue weighted by molar-refractivity contribution is -0.0163. The Balaban J connectivity index is 3.37. The van der Waals surface area contributed by atoms with Gasteiger partial charge in [0.1, 0.15) is 5.72 Å². The van der Waals surface area contributed by atoms with Crippen molar-refractivity contribution in [2.45, 2.75) is 25.5 Å². The van der Waals surface area contributed by atoms with Crippen molar-refractivity contribution in [2.24, 2.45) is 5.73 Å². The zero-order valence-electron chi connectivity index (χ0n) is 5.09. The molecule has 1 unspecified atom stereocenters. The topological polar surface area (TPSA) is 66.5 Å². The van der Waals surface area contributed by atoms with Crippen molar-refractivity contribution in [3.05, 3.63) is 0 Å². The molecule has 0 aliphatic carbocycles. The fourth-order valence-electron chi connectivity index (χ4n) is 0.512. The molecule has 0 spiro atoms. The second-order valence-corrected chi connectivity index (χ2v) is 2.01. The van der Waals surface area contributed by atoms with E-state index in [9.17, 15) is 0 Å². The van der Waals surface area contributed by atoms with Gasteiger partial charge in [0.2, 0.25) is 0 Å². The minimum absolute atomic E-state index is 0.360. The second kappa shape index (κ2) is 3.02. The van der Waals surface area contributed by atoms with Crippen LogP contribution in [0.15, 0.2) is 0 Å². The van der Waals surface area contributed by atoms with E-state index >= 15 is 0 Å². The van der Waals surface area contributed by atoms with E-state index in [2.05, 4.69) is 0 Å². The summed E-state index contributed by atoms with van der Waals surface area (Å²) in [5.41, 5.74) is 3.78. The third-order valence-electron chi connectivity index (χ3n) is 0.957. The van der Waals surface area contributed by atoms with Crippen LogP contribution >= 0.6 is 0 Å². The van der Waals surface area contributed by atoms with E-state index in [1.807, 2.05) is 6.92 Å². The van der Waals surface area contributed by atoms with Gasteiger partial charge in [0.15, 0.2) is 0 Å². The van der Waals surface area contributed by atoms with Crippen molar-refractivity contribution in [1.29, 1.82) is 0 Å². The maximum atomic E-state index is 8.85. The number of rotatable bonds is 3. The van der Waals surface area contributed by atoms with Crippen LogP contribution in [0.25, 0.3) is 0 Å². The van der Waals surface area contributed by atoms with Crippen LogP contribution < -0.4 is 5.73 Å². The molecule has 0 radical (unpaired) electrons. The number of nitrogens with two attached hydrogens (primary N) is 1. The Kier molecular flexibility index (Phi) is 2.97. The van der Waals surface area contributed by atoms with Gasteiger partial charge in [0.05, 0.1) is 6.61 Å². The van der Waals surface area contributed by atoms with Crippen molar-refractivity contribution >= 4 is 0 Å². The molecule has 0 aromatic rings. The fraction of sp³-hybridized carbons (Fsp3) is 1.00. The van der Waals surface area contributed by atoms with Crippen molar-refractivity contribution in [3.63, 3.8) is 0 Å². The molecule has 0 aromatic heterocycles. The van der Waals surface area contributed by atoms with Gasteiger partial charge in [-0.1, -0.05) is 13.3 Å². The Morgan fingerprint density at radius 3 is 2.25 bits per heavy atom. The zero-order chi connectivity index (χ0) is 6.62. The summed E-state index contributed by atoms with van der Waals surface area (Å²) in [5.74, 6) is 0. The lowest BCUT2D eigenvalue weighted by Gasteiger charge is -2.18. The van der Waals surface area contributed by atoms with Crippen LogP contribution in [-0.2, 0) is 0 Å². The number of aliphatic hydroxyl groups is 2. The number of aliphatic hydroxyl groups excluding tert-OH is 1.